The van der Waals surface area contributed by atoms with Crippen LogP contribution < -0.4 is 4.74 Å². The molecule has 25 heavy (non-hydrogen) atoms. The van der Waals surface area contributed by atoms with Crippen molar-refractivity contribution in [1.29, 1.82) is 0 Å². The van der Waals surface area contributed by atoms with Gasteiger partial charge in [-0.15, -0.1) is 0 Å². The molecule has 1 aliphatic heterocycles. The van der Waals surface area contributed by atoms with Crippen LogP contribution in [0, 0.1) is 5.92 Å². The summed E-state index contributed by atoms with van der Waals surface area (Å²) < 4.78 is 5.96. The van der Waals surface area contributed by atoms with Gasteiger partial charge < -0.3 is 9.64 Å². The lowest BCUT2D eigenvalue weighted by Crippen LogP contribution is -2.56. The molecule has 3 rings (SSSR count). The summed E-state index contributed by atoms with van der Waals surface area (Å²) in [6, 6.07) is 5.95. The summed E-state index contributed by atoms with van der Waals surface area (Å²) in [7, 11) is 2.23. The number of nitrogens with zero attached hydrogens (tertiary/aromatic N) is 1. The fourth-order valence-electron chi connectivity index (χ4n) is 3.41. The molecule has 0 spiro atoms. The zero-order valence-electron chi connectivity index (χ0n) is 15.5. The lowest BCUT2D eigenvalue weighted by Gasteiger charge is -2.39. The molecule has 2 aliphatic rings. The van der Waals surface area contributed by atoms with Crippen LogP contribution in [0.2, 0.25) is 5.82 Å². The average molecular weight is 341 g/mol. The van der Waals surface area contributed by atoms with Gasteiger partial charge >= 0.3 is 0 Å². The molecule has 1 aromatic rings. The predicted octanol–water partition coefficient (Wildman–Crippen LogP) is 2.82. The molecule has 0 N–H and O–H groups in total. The Morgan fingerprint density at radius 3 is 2.76 bits per heavy atom. The molecule has 2 fully saturated rings. The molecule has 1 saturated carbocycles. The van der Waals surface area contributed by atoms with Crippen molar-refractivity contribution in [2.45, 2.75) is 57.4 Å². The van der Waals surface area contributed by atoms with Gasteiger partial charge in [0.25, 0.3) is 0 Å². The van der Waals surface area contributed by atoms with Gasteiger partial charge in [-0.25, -0.2) is 0 Å². The number of hydrogen-bond acceptors (Lipinski definition) is 3. The molecule has 3 atom stereocenters. The molecule has 134 valence electrons. The van der Waals surface area contributed by atoms with Gasteiger partial charge in [0.1, 0.15) is 19.7 Å². The van der Waals surface area contributed by atoms with Crippen molar-refractivity contribution in [3.05, 3.63) is 29.3 Å². The first kappa shape index (κ1) is 18.0. The van der Waals surface area contributed by atoms with E-state index in [4.69, 9.17) is 4.74 Å². The third-order valence-electron chi connectivity index (χ3n) is 5.74. The molecule has 1 aliphatic carbocycles. The fourth-order valence-corrected chi connectivity index (χ4v) is 3.41. The summed E-state index contributed by atoms with van der Waals surface area (Å²) in [6.07, 6.45) is 4.76. The molecule has 4 nitrogen and oxygen atoms in total. The van der Waals surface area contributed by atoms with Crippen molar-refractivity contribution in [1.82, 2.24) is 4.90 Å². The number of amides is 1. The Bertz CT molecular complexity index is 642. The third kappa shape index (κ3) is 4.25. The third-order valence-corrected chi connectivity index (χ3v) is 5.74. The molecule has 0 aromatic heterocycles. The Morgan fingerprint density at radius 1 is 1.44 bits per heavy atom. The Labute approximate surface area is 151 Å². The highest BCUT2D eigenvalue weighted by Crippen LogP contribution is 2.50. The van der Waals surface area contributed by atoms with E-state index in [1.54, 1.807) is 0 Å². The zero-order chi connectivity index (χ0) is 18.0. The van der Waals surface area contributed by atoms with Gasteiger partial charge in [0.15, 0.2) is 6.29 Å². The monoisotopic (exact) mass is 341 g/mol. The number of rotatable bonds is 8. The van der Waals surface area contributed by atoms with Crippen molar-refractivity contribution < 1.29 is 14.3 Å². The first-order chi connectivity index (χ1) is 12.0. The number of hydrogen-bond donors (Lipinski definition) is 0. The number of carbonyl (C=O) groups excluding carboxylic acids is 2. The number of ether oxygens (including phenoxy) is 1. The van der Waals surface area contributed by atoms with Gasteiger partial charge in [-0.05, 0) is 36.0 Å². The van der Waals surface area contributed by atoms with Gasteiger partial charge in [-0.1, -0.05) is 38.6 Å². The average Bonchev–Trinajstić information content (AvgIpc) is 3.31. The summed E-state index contributed by atoms with van der Waals surface area (Å²) in [4.78, 5) is 25.4. The fraction of sp³-hybridized carbons (Fsp3) is 0.600. The van der Waals surface area contributed by atoms with Gasteiger partial charge in [0, 0.05) is 6.42 Å². The minimum Gasteiger partial charge on any atom is -0.486 e. The summed E-state index contributed by atoms with van der Waals surface area (Å²) >= 11 is 0. The summed E-state index contributed by atoms with van der Waals surface area (Å²) in [5, 5.41) is 0. The van der Waals surface area contributed by atoms with Crippen molar-refractivity contribution in [2.75, 3.05) is 13.1 Å². The molecule has 1 heterocycles. The summed E-state index contributed by atoms with van der Waals surface area (Å²) in [5.74, 6) is 2.76. The first-order valence-electron chi connectivity index (χ1n) is 9.55. The summed E-state index contributed by atoms with van der Waals surface area (Å²) in [6.45, 7) is 5.59. The lowest BCUT2D eigenvalue weighted by molar-refractivity contribution is -0.140. The second-order valence-electron chi connectivity index (χ2n) is 7.83. The van der Waals surface area contributed by atoms with Gasteiger partial charge in [0.2, 0.25) is 5.91 Å². The van der Waals surface area contributed by atoms with E-state index in [1.807, 2.05) is 17.0 Å². The van der Waals surface area contributed by atoms with Gasteiger partial charge in [-0.3, -0.25) is 9.59 Å². The maximum atomic E-state index is 12.1. The highest BCUT2D eigenvalue weighted by atomic mass is 16.5. The molecule has 1 aromatic carbocycles. The summed E-state index contributed by atoms with van der Waals surface area (Å²) in [5.41, 5.74) is 1.86. The maximum Gasteiger partial charge on any atom is 0.222 e. The van der Waals surface area contributed by atoms with Crippen molar-refractivity contribution in [2.24, 2.45) is 5.92 Å². The predicted molar refractivity (Wildman–Crippen MR) is 101 cm³/mol. The molecule has 0 radical (unpaired) electrons. The van der Waals surface area contributed by atoms with Crippen LogP contribution in [-0.4, -0.2) is 44.1 Å². The van der Waals surface area contributed by atoms with Crippen LogP contribution in [0.4, 0.5) is 0 Å². The highest BCUT2D eigenvalue weighted by molar-refractivity contribution is 6.14. The van der Waals surface area contributed by atoms with E-state index in [0.717, 1.165) is 19.1 Å². The number of likely N-dealkylation sites (tertiary alicyclic amines) is 1. The largest absolute Gasteiger partial charge is 0.486 e. The van der Waals surface area contributed by atoms with E-state index >= 15 is 0 Å². The van der Waals surface area contributed by atoms with Gasteiger partial charge in [0.05, 0.1) is 18.7 Å². The van der Waals surface area contributed by atoms with Crippen LogP contribution in [-0.2, 0) is 4.79 Å². The first-order valence-corrected chi connectivity index (χ1v) is 9.55. The number of aldehydes is 1. The molecular formula is C20H28BNO3. The molecule has 2 unspecified atom stereocenters. The van der Waals surface area contributed by atoms with Crippen LogP contribution in [0.15, 0.2) is 18.2 Å². The van der Waals surface area contributed by atoms with E-state index in [9.17, 15) is 9.59 Å². The van der Waals surface area contributed by atoms with Crippen LogP contribution in [0.5, 0.6) is 5.75 Å². The Morgan fingerprint density at radius 2 is 2.16 bits per heavy atom. The SMILES string of the molecule is BC1CC1c1ccc(OC2CN(C(=O)CC[C@H](C)CC)C2)c(C=O)c1. The Balaban J connectivity index is 1.49. The number of carbonyl (C=O) groups is 2. The van der Waals surface area contributed by atoms with Crippen LogP contribution in [0.3, 0.4) is 0 Å². The van der Waals surface area contributed by atoms with Crippen LogP contribution >= 0.6 is 0 Å². The maximum absolute atomic E-state index is 12.1. The van der Waals surface area contributed by atoms with E-state index in [2.05, 4.69) is 27.8 Å². The minimum atomic E-state index is -0.00283. The Hall–Kier alpha value is -1.78. The van der Waals surface area contributed by atoms with Crippen molar-refractivity contribution in [3.8, 4) is 5.75 Å². The number of benzene rings is 1. The van der Waals surface area contributed by atoms with Crippen LogP contribution in [0.1, 0.15) is 61.4 Å². The Kier molecular flexibility index (Phi) is 5.50. The smallest absolute Gasteiger partial charge is 0.222 e. The van der Waals surface area contributed by atoms with E-state index in [0.29, 0.717) is 48.5 Å². The molecular weight excluding hydrogens is 313 g/mol. The molecule has 0 bridgehead atoms. The van der Waals surface area contributed by atoms with Crippen LogP contribution in [0.25, 0.3) is 0 Å². The standard InChI is InChI=1S/C20H28BNO3/c1-3-13(2)4-7-20(24)22-10-16(11-22)25-19-6-5-14(8-15(19)12-23)17-9-18(17)21/h5-6,8,12-13,16-18H,3-4,7,9-11,21H2,1-2H3/t13-,17?,18?/m1/s1. The van der Waals surface area contributed by atoms with E-state index in [1.165, 1.54) is 12.0 Å². The van der Waals surface area contributed by atoms with E-state index < -0.39 is 0 Å². The topological polar surface area (TPSA) is 46.6 Å². The zero-order valence-corrected chi connectivity index (χ0v) is 15.5. The van der Waals surface area contributed by atoms with Crippen molar-refractivity contribution >= 4 is 20.0 Å². The molecule has 5 heteroatoms. The quantitative estimate of drug-likeness (QED) is 0.540. The second kappa shape index (κ2) is 7.63. The van der Waals surface area contributed by atoms with Gasteiger partial charge in [-0.2, -0.15) is 0 Å². The minimum absolute atomic E-state index is 0.00283. The molecule has 1 saturated heterocycles. The lowest BCUT2D eigenvalue weighted by atomic mass is 9.96. The van der Waals surface area contributed by atoms with Crippen molar-refractivity contribution in [3.63, 3.8) is 0 Å². The molecule has 1 amide bonds. The normalized spacial score (nSPS) is 23.7. The van der Waals surface area contributed by atoms with E-state index in [-0.39, 0.29) is 12.0 Å². The second-order valence-corrected chi connectivity index (χ2v) is 7.83. The highest BCUT2D eigenvalue weighted by Gasteiger charge is 2.35.